The lowest BCUT2D eigenvalue weighted by Gasteiger charge is -2.38. The largest absolute Gasteiger partial charge is 0.383 e. The second-order valence-corrected chi connectivity index (χ2v) is 15.0. The molecule has 0 atom stereocenters. The van der Waals surface area contributed by atoms with E-state index in [0.717, 1.165) is 6.61 Å². The molecule has 0 aromatic heterocycles. The number of rotatable bonds is 3. The molecule has 0 saturated carbocycles. The Hall–Kier alpha value is 0.354. The van der Waals surface area contributed by atoms with Crippen LogP contribution in [0.25, 0.3) is 0 Å². The highest BCUT2D eigenvalue weighted by Crippen LogP contribution is 2.36. The van der Waals surface area contributed by atoms with Crippen molar-refractivity contribution in [2.45, 2.75) is 38.3 Å². The summed E-state index contributed by atoms with van der Waals surface area (Å²) in [5, 5.41) is 0. The van der Waals surface area contributed by atoms with Gasteiger partial charge in [0.25, 0.3) is 0 Å². The molecule has 1 fully saturated rings. The molecule has 0 amide bonds. The van der Waals surface area contributed by atoms with Crippen molar-refractivity contribution in [1.29, 1.82) is 0 Å². The minimum absolute atomic E-state index is 0.910. The molecule has 0 unspecified atom stereocenters. The fourth-order valence-electron chi connectivity index (χ4n) is 2.49. The van der Waals surface area contributed by atoms with Crippen LogP contribution in [0.2, 0.25) is 38.3 Å². The van der Waals surface area contributed by atoms with Crippen LogP contribution in [0.4, 0.5) is 0 Å². The molecule has 1 rings (SSSR count). The minimum Gasteiger partial charge on any atom is -0.383 e. The van der Waals surface area contributed by atoms with Crippen LogP contribution in [0.3, 0.4) is 0 Å². The Bertz CT molecular complexity index is 166. The van der Waals surface area contributed by atoms with E-state index >= 15 is 0 Å². The summed E-state index contributed by atoms with van der Waals surface area (Å²) in [7, 11) is -0.250. The molecule has 0 bridgehead atoms. The summed E-state index contributed by atoms with van der Waals surface area (Å²) in [4.78, 5) is 0. The van der Waals surface area contributed by atoms with Crippen molar-refractivity contribution in [3.05, 3.63) is 0 Å². The van der Waals surface area contributed by atoms with E-state index in [1.807, 2.05) is 0 Å². The van der Waals surface area contributed by atoms with Crippen LogP contribution < -0.4 is 0 Å². The molecule has 1 heterocycles. The molecule has 2 nitrogen and oxygen atoms in total. The zero-order valence-electron chi connectivity index (χ0n) is 9.68. The third-order valence-electron chi connectivity index (χ3n) is 3.33. The van der Waals surface area contributed by atoms with Crippen LogP contribution in [-0.4, -0.2) is 41.0 Å². The second kappa shape index (κ2) is 3.84. The summed E-state index contributed by atoms with van der Waals surface area (Å²) < 4.78 is 8.04. The Balaban J connectivity index is 2.64. The molecule has 0 N–H and O–H groups in total. The average molecular weight is 217 g/mol. The molecule has 1 aliphatic rings. The van der Waals surface area contributed by atoms with E-state index in [-0.39, 0.29) is 0 Å². The van der Waals surface area contributed by atoms with Crippen LogP contribution >= 0.6 is 0 Å². The van der Waals surface area contributed by atoms with Crippen molar-refractivity contribution < 1.29 is 4.74 Å². The number of hydrogen-bond acceptors (Lipinski definition) is 2. The first-order valence-corrected chi connectivity index (χ1v) is 11.5. The van der Waals surface area contributed by atoms with Crippen molar-refractivity contribution in [2.75, 3.05) is 20.3 Å². The van der Waals surface area contributed by atoms with Crippen molar-refractivity contribution in [3.8, 4) is 0 Å². The average Bonchev–Trinajstić information content (AvgIpc) is 2.20. The standard InChI is InChI=1S/C9H23NOSi2/c1-11-7-6-10-12(2,3)8-9-13(10,4)5/h6-9H2,1-5H3. The molecule has 0 aromatic carbocycles. The lowest BCUT2D eigenvalue weighted by atomic mass is 10.7. The van der Waals surface area contributed by atoms with Gasteiger partial charge in [-0.05, 0) is 12.1 Å². The van der Waals surface area contributed by atoms with Crippen LogP contribution in [-0.2, 0) is 4.74 Å². The molecule has 0 aliphatic carbocycles. The zero-order valence-corrected chi connectivity index (χ0v) is 11.7. The lowest BCUT2D eigenvalue weighted by Crippen LogP contribution is -2.55. The smallest absolute Gasteiger partial charge is 0.115 e. The molecule has 1 saturated heterocycles. The van der Waals surface area contributed by atoms with Crippen molar-refractivity contribution in [3.63, 3.8) is 0 Å². The molecule has 78 valence electrons. The summed E-state index contributed by atoms with van der Waals surface area (Å²) >= 11 is 0. The van der Waals surface area contributed by atoms with E-state index in [1.54, 1.807) is 7.11 Å². The maximum atomic E-state index is 5.19. The first-order chi connectivity index (χ1) is 5.90. The molecule has 4 heteroatoms. The number of hydrogen-bond donors (Lipinski definition) is 0. The maximum Gasteiger partial charge on any atom is 0.115 e. The minimum atomic E-state index is -1.03. The van der Waals surface area contributed by atoms with Crippen molar-refractivity contribution in [2.24, 2.45) is 0 Å². The summed E-state index contributed by atoms with van der Waals surface area (Å²) in [6.45, 7) is 12.1. The van der Waals surface area contributed by atoms with Gasteiger partial charge in [-0.3, -0.25) is 0 Å². The van der Waals surface area contributed by atoms with Gasteiger partial charge in [0.1, 0.15) is 16.5 Å². The van der Waals surface area contributed by atoms with Gasteiger partial charge in [-0.2, -0.15) is 0 Å². The monoisotopic (exact) mass is 217 g/mol. The summed E-state index contributed by atoms with van der Waals surface area (Å²) in [6, 6.07) is 2.99. The third-order valence-corrected chi connectivity index (χ3v) is 13.8. The predicted molar refractivity (Wildman–Crippen MR) is 63.2 cm³/mol. The molecule has 1 aliphatic heterocycles. The van der Waals surface area contributed by atoms with Gasteiger partial charge in [-0.25, -0.2) is 0 Å². The Morgan fingerprint density at radius 2 is 1.54 bits per heavy atom. The van der Waals surface area contributed by atoms with Crippen LogP contribution in [0.1, 0.15) is 0 Å². The van der Waals surface area contributed by atoms with Gasteiger partial charge < -0.3 is 8.97 Å². The molecular formula is C9H23NOSi2. The highest BCUT2D eigenvalue weighted by molar-refractivity contribution is 6.95. The van der Waals surface area contributed by atoms with E-state index in [0.29, 0.717) is 0 Å². The first kappa shape index (κ1) is 11.4. The number of ether oxygens (including phenoxy) is 1. The molecule has 13 heavy (non-hydrogen) atoms. The number of methoxy groups -OCH3 is 1. The highest BCUT2D eigenvalue weighted by Gasteiger charge is 2.46. The van der Waals surface area contributed by atoms with Crippen LogP contribution in [0.15, 0.2) is 0 Å². The normalized spacial score (nSPS) is 26.5. The fraction of sp³-hybridized carbons (Fsp3) is 1.00. The first-order valence-electron chi connectivity index (χ1n) is 5.17. The van der Waals surface area contributed by atoms with E-state index in [4.69, 9.17) is 4.74 Å². The van der Waals surface area contributed by atoms with E-state index in [1.165, 1.54) is 18.6 Å². The quantitative estimate of drug-likeness (QED) is 0.673. The van der Waals surface area contributed by atoms with E-state index in [2.05, 4.69) is 30.4 Å². The highest BCUT2D eigenvalue weighted by atomic mass is 28.4. The summed E-state index contributed by atoms with van der Waals surface area (Å²) in [6.07, 6.45) is 0. The van der Waals surface area contributed by atoms with Crippen molar-refractivity contribution >= 4 is 16.5 Å². The summed E-state index contributed by atoms with van der Waals surface area (Å²) in [5.74, 6) is 0. The zero-order chi connectivity index (χ0) is 10.1. The summed E-state index contributed by atoms with van der Waals surface area (Å²) in [5.41, 5.74) is 0. The van der Waals surface area contributed by atoms with Gasteiger partial charge in [-0.1, -0.05) is 26.2 Å². The molecule has 0 radical (unpaired) electrons. The third kappa shape index (κ3) is 2.43. The van der Waals surface area contributed by atoms with Crippen LogP contribution in [0, 0.1) is 0 Å². The predicted octanol–water partition coefficient (Wildman–Crippen LogP) is 2.36. The van der Waals surface area contributed by atoms with E-state index < -0.39 is 16.5 Å². The Labute approximate surface area is 84.4 Å². The van der Waals surface area contributed by atoms with Gasteiger partial charge in [0.05, 0.1) is 6.61 Å². The topological polar surface area (TPSA) is 12.5 Å². The lowest BCUT2D eigenvalue weighted by molar-refractivity contribution is 0.191. The van der Waals surface area contributed by atoms with E-state index in [9.17, 15) is 0 Å². The van der Waals surface area contributed by atoms with Crippen molar-refractivity contribution in [1.82, 2.24) is 4.23 Å². The van der Waals surface area contributed by atoms with Gasteiger partial charge in [0, 0.05) is 13.7 Å². The maximum absolute atomic E-state index is 5.19. The van der Waals surface area contributed by atoms with Gasteiger partial charge >= 0.3 is 0 Å². The van der Waals surface area contributed by atoms with Gasteiger partial charge in [-0.15, -0.1) is 0 Å². The number of nitrogens with zero attached hydrogens (tertiary/aromatic N) is 1. The fourth-order valence-corrected chi connectivity index (χ4v) is 16.5. The molecular weight excluding hydrogens is 194 g/mol. The Morgan fingerprint density at radius 3 is 1.92 bits per heavy atom. The molecule has 0 aromatic rings. The van der Waals surface area contributed by atoms with Crippen LogP contribution in [0.5, 0.6) is 0 Å². The van der Waals surface area contributed by atoms with Gasteiger partial charge in [0.2, 0.25) is 0 Å². The van der Waals surface area contributed by atoms with Gasteiger partial charge in [0.15, 0.2) is 0 Å². The SMILES string of the molecule is COCCN1[Si](C)(C)CC[Si]1(C)C. The second-order valence-electron chi connectivity index (χ2n) is 5.27. The Morgan fingerprint density at radius 1 is 1.08 bits per heavy atom. The molecule has 0 spiro atoms. The Kier molecular flexibility index (Phi) is 3.38.